The molecule has 3 saturated heterocycles. The molecule has 0 saturated carbocycles. The van der Waals surface area contributed by atoms with Crippen LogP contribution < -0.4 is 26.4 Å². The van der Waals surface area contributed by atoms with Gasteiger partial charge < -0.3 is 49.5 Å². The highest BCUT2D eigenvalue weighted by Crippen LogP contribution is 2.40. The Balaban J connectivity index is 0.000000190. The van der Waals surface area contributed by atoms with Gasteiger partial charge in [-0.3, -0.25) is 9.36 Å². The van der Waals surface area contributed by atoms with Gasteiger partial charge in [0.05, 0.1) is 39.5 Å². The minimum Gasteiger partial charge on any atom is -0.482 e. The van der Waals surface area contributed by atoms with Crippen LogP contribution in [0.3, 0.4) is 0 Å². The van der Waals surface area contributed by atoms with E-state index in [1.54, 1.807) is 54.4 Å². The number of anilines is 2. The van der Waals surface area contributed by atoms with Crippen molar-refractivity contribution in [3.63, 3.8) is 0 Å². The molecule has 0 spiro atoms. The SMILES string of the molecule is CC(C)(C)OC(=O)N1CCC(n2cc(B3OC(C)(C)C(C)(C)O3)cn2)CC1.CC(Oc1cc(-c2cnn(C3CCN(C(=O)OC(C)(C)C)CC3)c2)cnc1N)c1c(Cl)ccc(F)c1Cl.CC(Oc1cc(Br)cnc1N)c1c(Cl)ccc(F)c1Cl. The van der Waals surface area contributed by atoms with E-state index in [-0.39, 0.29) is 57.2 Å². The van der Waals surface area contributed by atoms with Crippen molar-refractivity contribution in [3.05, 3.63) is 121 Å². The first-order valence-electron chi connectivity index (χ1n) is 27.4. The summed E-state index contributed by atoms with van der Waals surface area (Å²) in [5, 5.41) is 9.53. The summed E-state index contributed by atoms with van der Waals surface area (Å²) in [6.45, 7) is 25.4. The maximum absolute atomic E-state index is 14.0. The number of carbonyl (C=O) groups is 2. The summed E-state index contributed by atoms with van der Waals surface area (Å²) >= 11 is 27.6. The van der Waals surface area contributed by atoms with Crippen molar-refractivity contribution in [2.75, 3.05) is 37.6 Å². The molecule has 3 aliphatic heterocycles. The Hall–Kier alpha value is -5.62. The Morgan fingerprint density at radius 1 is 0.655 bits per heavy atom. The van der Waals surface area contributed by atoms with Crippen LogP contribution in [0, 0.1) is 11.6 Å². The zero-order chi connectivity index (χ0) is 61.8. The second kappa shape index (κ2) is 27.0. The van der Waals surface area contributed by atoms with Gasteiger partial charge in [-0.2, -0.15) is 10.2 Å². The molecule has 18 nitrogen and oxygen atoms in total. The summed E-state index contributed by atoms with van der Waals surface area (Å²) < 4.78 is 66.9. The van der Waals surface area contributed by atoms with Gasteiger partial charge in [-0.05, 0) is 161 Å². The second-order valence-corrected chi connectivity index (χ2v) is 26.1. The lowest BCUT2D eigenvalue weighted by Crippen LogP contribution is -2.42. The van der Waals surface area contributed by atoms with Gasteiger partial charge >= 0.3 is 19.3 Å². The number of pyridine rings is 2. The number of nitrogen functional groups attached to an aromatic ring is 2. The number of aromatic nitrogens is 6. The van der Waals surface area contributed by atoms with E-state index < -0.39 is 42.2 Å². The first-order valence-corrected chi connectivity index (χ1v) is 29.7. The first-order chi connectivity index (χ1) is 39.2. The van der Waals surface area contributed by atoms with Crippen LogP contribution in [-0.2, 0) is 18.8 Å². The fourth-order valence-electron chi connectivity index (χ4n) is 9.18. The minimum atomic E-state index is -0.673. The summed E-state index contributed by atoms with van der Waals surface area (Å²) in [7, 11) is -0.398. The molecule has 2 aromatic carbocycles. The van der Waals surface area contributed by atoms with Gasteiger partial charge in [-0.25, -0.2) is 28.3 Å². The molecule has 2 unspecified atom stereocenters. The molecule has 7 heterocycles. The highest BCUT2D eigenvalue weighted by molar-refractivity contribution is 9.10. The number of halogens is 7. The number of nitrogens with two attached hydrogens (primary N) is 2. The van der Waals surface area contributed by atoms with Gasteiger partial charge in [-0.15, -0.1) is 0 Å². The van der Waals surface area contributed by atoms with Crippen LogP contribution in [0.4, 0.5) is 30.0 Å². The van der Waals surface area contributed by atoms with Crippen LogP contribution in [0.25, 0.3) is 11.1 Å². The fraction of sp³-hybridized carbons (Fsp3) is 0.483. The predicted molar refractivity (Wildman–Crippen MR) is 327 cm³/mol. The molecule has 3 fully saturated rings. The average Bonchev–Trinajstić information content (AvgIpc) is 2.18. The third-order valence-corrected chi connectivity index (χ3v) is 16.2. The van der Waals surface area contributed by atoms with Crippen molar-refractivity contribution in [2.24, 2.45) is 0 Å². The van der Waals surface area contributed by atoms with Crippen molar-refractivity contribution in [2.45, 2.75) is 155 Å². The zero-order valence-electron chi connectivity index (χ0n) is 49.1. The summed E-state index contributed by atoms with van der Waals surface area (Å²) in [6.07, 6.45) is 12.2. The van der Waals surface area contributed by atoms with E-state index in [0.717, 1.165) is 42.3 Å². The van der Waals surface area contributed by atoms with Crippen LogP contribution in [0.15, 0.2) is 78.1 Å². The van der Waals surface area contributed by atoms with Gasteiger partial charge in [0, 0.05) is 99.4 Å². The van der Waals surface area contributed by atoms with Gasteiger partial charge in [-0.1, -0.05) is 46.4 Å². The number of rotatable bonds is 10. The van der Waals surface area contributed by atoms with E-state index in [1.807, 2.05) is 97.2 Å². The highest BCUT2D eigenvalue weighted by atomic mass is 79.9. The van der Waals surface area contributed by atoms with E-state index >= 15 is 0 Å². The maximum Gasteiger partial charge on any atom is 0.498 e. The molecule has 454 valence electrons. The van der Waals surface area contributed by atoms with Crippen LogP contribution in [0.1, 0.15) is 144 Å². The molecule has 9 rings (SSSR count). The number of hydrogen-bond acceptors (Lipinski definition) is 14. The van der Waals surface area contributed by atoms with Gasteiger partial charge in [0.25, 0.3) is 0 Å². The summed E-state index contributed by atoms with van der Waals surface area (Å²) in [4.78, 5) is 36.3. The van der Waals surface area contributed by atoms with Crippen molar-refractivity contribution < 1.29 is 46.6 Å². The van der Waals surface area contributed by atoms with Crippen molar-refractivity contribution in [3.8, 4) is 22.6 Å². The minimum absolute atomic E-state index is 0.0634. The quantitative estimate of drug-likeness (QED) is 0.0966. The number of nitrogens with zero attached hydrogens (tertiary/aromatic N) is 8. The van der Waals surface area contributed by atoms with Gasteiger partial charge in [0.1, 0.15) is 35.0 Å². The van der Waals surface area contributed by atoms with Crippen molar-refractivity contribution >= 4 is 98.7 Å². The lowest BCUT2D eigenvalue weighted by molar-refractivity contribution is 0.00578. The molecule has 0 radical (unpaired) electrons. The number of amides is 2. The third-order valence-electron chi connectivity index (χ3n) is 14.4. The number of piperidine rings is 2. The Morgan fingerprint density at radius 2 is 1.07 bits per heavy atom. The van der Waals surface area contributed by atoms with Crippen LogP contribution in [-0.4, -0.2) is 107 Å². The molecule has 4 N–H and O–H groups in total. The molecule has 84 heavy (non-hydrogen) atoms. The summed E-state index contributed by atoms with van der Waals surface area (Å²) in [5.74, 6) is -0.0458. The van der Waals surface area contributed by atoms with Crippen molar-refractivity contribution in [1.29, 1.82) is 0 Å². The normalized spacial score (nSPS) is 17.1. The number of ether oxygens (including phenoxy) is 4. The first kappa shape index (κ1) is 65.9. The molecule has 4 aromatic heterocycles. The molecular formula is C58H72BBrCl4F2N10O8. The number of hydrogen-bond donors (Lipinski definition) is 2. The molecular weight excluding hydrogens is 1240 g/mol. The van der Waals surface area contributed by atoms with E-state index in [0.29, 0.717) is 63.3 Å². The summed E-state index contributed by atoms with van der Waals surface area (Å²) in [6, 6.07) is 9.11. The third kappa shape index (κ3) is 16.7. The van der Waals surface area contributed by atoms with E-state index in [1.165, 1.54) is 24.3 Å². The molecule has 2 amide bonds. The Morgan fingerprint density at radius 3 is 1.52 bits per heavy atom. The molecule has 6 aromatic rings. The average molecular weight is 1310 g/mol. The zero-order valence-corrected chi connectivity index (χ0v) is 53.7. The van der Waals surface area contributed by atoms with Crippen LogP contribution >= 0.6 is 62.3 Å². The Bertz CT molecular complexity index is 3280. The number of carbonyl (C=O) groups excluding carboxylic acids is 2. The van der Waals surface area contributed by atoms with Gasteiger partial charge in [0.2, 0.25) is 0 Å². The molecule has 26 heteroatoms. The van der Waals surface area contributed by atoms with Crippen LogP contribution in [0.5, 0.6) is 11.5 Å². The van der Waals surface area contributed by atoms with Crippen LogP contribution in [0.2, 0.25) is 20.1 Å². The Kier molecular flexibility index (Phi) is 21.2. The molecule has 0 bridgehead atoms. The maximum atomic E-state index is 14.0. The topological polar surface area (TPSA) is 209 Å². The lowest BCUT2D eigenvalue weighted by atomic mass is 9.82. The largest absolute Gasteiger partial charge is 0.498 e. The van der Waals surface area contributed by atoms with Gasteiger partial charge in [0.15, 0.2) is 23.1 Å². The number of benzene rings is 2. The lowest BCUT2D eigenvalue weighted by Gasteiger charge is -2.33. The molecule has 0 aliphatic carbocycles. The smallest absolute Gasteiger partial charge is 0.482 e. The second-order valence-electron chi connectivity index (χ2n) is 23.6. The molecule has 2 atom stereocenters. The van der Waals surface area contributed by atoms with E-state index in [4.69, 9.17) is 86.1 Å². The van der Waals surface area contributed by atoms with E-state index in [9.17, 15) is 18.4 Å². The van der Waals surface area contributed by atoms with E-state index in [2.05, 4.69) is 36.1 Å². The monoisotopic (exact) mass is 1300 g/mol. The number of likely N-dealkylation sites (tertiary alicyclic amines) is 2. The van der Waals surface area contributed by atoms with Crippen molar-refractivity contribution in [1.82, 2.24) is 39.3 Å². The summed E-state index contributed by atoms with van der Waals surface area (Å²) in [5.41, 5.74) is 13.3. The highest BCUT2D eigenvalue weighted by Gasteiger charge is 2.52. The predicted octanol–water partition coefficient (Wildman–Crippen LogP) is 14.5. The fourth-order valence-corrected chi connectivity index (χ4v) is 10.8. The molecule has 3 aliphatic rings. The Labute approximate surface area is 518 Å². The standard InChI is InChI=1S/C26H30Cl2FN5O3.C19H32BN3O4.C13H10BrCl2FN2O/c1-15(22-19(27)5-6-20(29)23(22)28)36-21-11-16(12-31-24(21)30)17-13-32-34(14-17)18-7-9-33(10-8-18)25(35)37-26(2,3)4;1-17(2,3)25-16(24)22-10-8-15(9-11-22)23-13-14(12-21-23)20-26-18(4,5)19(6,7)27-20;1-6(11-8(15)2-3-9(17)12(11)16)20-10-4-7(14)5-19-13(10)18/h5-6,11-15,18H,7-10H2,1-4H3,(H2,30,31);12-13,15H,8-11H2,1-7H3;2-6H,1H3,(H2,18,19).